The van der Waals surface area contributed by atoms with Gasteiger partial charge in [0.25, 0.3) is 0 Å². The lowest BCUT2D eigenvalue weighted by Crippen LogP contribution is -2.44. The predicted octanol–water partition coefficient (Wildman–Crippen LogP) is 4.52. The SMILES string of the molecule is Cc1cccc(Cl)c1C1=NC(CN2CCC(C(=O)NCCCN3CCC(C)(C)CC3)CC2)C(C)O1. The smallest absolute Gasteiger partial charge is 0.223 e. The first-order valence-corrected chi connectivity index (χ1v) is 13.8. The van der Waals surface area contributed by atoms with Gasteiger partial charge in [-0.15, -0.1) is 0 Å². The van der Waals surface area contributed by atoms with Crippen LogP contribution < -0.4 is 5.32 Å². The van der Waals surface area contributed by atoms with Gasteiger partial charge in [-0.3, -0.25) is 4.79 Å². The second-order valence-electron chi connectivity index (χ2n) is 11.5. The minimum Gasteiger partial charge on any atom is -0.472 e. The van der Waals surface area contributed by atoms with Gasteiger partial charge in [-0.05, 0) is 95.7 Å². The number of benzene rings is 1. The number of hydrogen-bond donors (Lipinski definition) is 1. The summed E-state index contributed by atoms with van der Waals surface area (Å²) in [6, 6.07) is 5.96. The van der Waals surface area contributed by atoms with E-state index in [1.165, 1.54) is 25.9 Å². The van der Waals surface area contributed by atoms with E-state index in [1.54, 1.807) is 0 Å². The molecular formula is C28H43ClN4O2. The Kier molecular flexibility index (Phi) is 8.77. The first kappa shape index (κ1) is 26.4. The molecule has 0 bridgehead atoms. The van der Waals surface area contributed by atoms with Crippen LogP contribution in [0.25, 0.3) is 0 Å². The molecule has 2 fully saturated rings. The molecule has 1 aromatic rings. The predicted molar refractivity (Wildman–Crippen MR) is 143 cm³/mol. The van der Waals surface area contributed by atoms with Gasteiger partial charge in [0, 0.05) is 19.0 Å². The van der Waals surface area contributed by atoms with Gasteiger partial charge in [0.05, 0.1) is 10.6 Å². The van der Waals surface area contributed by atoms with Crippen LogP contribution in [0.4, 0.5) is 0 Å². The molecule has 3 heterocycles. The van der Waals surface area contributed by atoms with E-state index in [4.69, 9.17) is 21.3 Å². The fourth-order valence-corrected chi connectivity index (χ4v) is 5.74. The third-order valence-electron chi connectivity index (χ3n) is 8.12. The van der Waals surface area contributed by atoms with Crippen LogP contribution >= 0.6 is 11.6 Å². The van der Waals surface area contributed by atoms with E-state index in [9.17, 15) is 4.79 Å². The van der Waals surface area contributed by atoms with Gasteiger partial charge < -0.3 is 19.9 Å². The number of nitrogens with zero attached hydrogens (tertiary/aromatic N) is 3. The molecule has 0 aromatic heterocycles. The van der Waals surface area contributed by atoms with Crippen molar-refractivity contribution in [2.24, 2.45) is 16.3 Å². The summed E-state index contributed by atoms with van der Waals surface area (Å²) in [5.74, 6) is 1.02. The third-order valence-corrected chi connectivity index (χ3v) is 8.44. The maximum Gasteiger partial charge on any atom is 0.223 e. The van der Waals surface area contributed by atoms with Gasteiger partial charge in [-0.1, -0.05) is 37.6 Å². The molecule has 35 heavy (non-hydrogen) atoms. The summed E-state index contributed by atoms with van der Waals surface area (Å²) in [7, 11) is 0. The second-order valence-corrected chi connectivity index (χ2v) is 11.9. The Morgan fingerprint density at radius 3 is 2.57 bits per heavy atom. The molecular weight excluding hydrogens is 460 g/mol. The monoisotopic (exact) mass is 502 g/mol. The van der Waals surface area contributed by atoms with Crippen molar-refractivity contribution in [3.05, 3.63) is 34.3 Å². The van der Waals surface area contributed by atoms with Crippen LogP contribution in [0.15, 0.2) is 23.2 Å². The highest BCUT2D eigenvalue weighted by Crippen LogP contribution is 2.30. The number of piperidine rings is 2. The summed E-state index contributed by atoms with van der Waals surface area (Å²) < 4.78 is 6.10. The molecule has 1 amide bonds. The molecule has 7 heteroatoms. The lowest BCUT2D eigenvalue weighted by atomic mass is 9.83. The number of ether oxygens (including phenoxy) is 1. The number of hydrogen-bond acceptors (Lipinski definition) is 5. The number of aryl methyl sites for hydroxylation is 1. The minimum absolute atomic E-state index is 0.0210. The van der Waals surface area contributed by atoms with Crippen LogP contribution in [-0.2, 0) is 9.53 Å². The summed E-state index contributed by atoms with van der Waals surface area (Å²) >= 11 is 6.43. The average molecular weight is 503 g/mol. The highest BCUT2D eigenvalue weighted by molar-refractivity contribution is 6.34. The Morgan fingerprint density at radius 1 is 1.17 bits per heavy atom. The first-order chi connectivity index (χ1) is 16.7. The topological polar surface area (TPSA) is 57.2 Å². The van der Waals surface area contributed by atoms with E-state index < -0.39 is 0 Å². The fraction of sp³-hybridized carbons (Fsp3) is 0.714. The second kappa shape index (κ2) is 11.6. The molecule has 1 N–H and O–H groups in total. The maximum absolute atomic E-state index is 12.7. The average Bonchev–Trinajstić information content (AvgIpc) is 3.17. The molecule has 2 unspecified atom stereocenters. The summed E-state index contributed by atoms with van der Waals surface area (Å²) in [5.41, 5.74) is 2.48. The van der Waals surface area contributed by atoms with Crippen molar-refractivity contribution >= 4 is 23.4 Å². The van der Waals surface area contributed by atoms with Crippen LogP contribution in [0.5, 0.6) is 0 Å². The zero-order valence-electron chi connectivity index (χ0n) is 22.0. The molecule has 0 radical (unpaired) electrons. The van der Waals surface area contributed by atoms with Crippen molar-refractivity contribution in [3.63, 3.8) is 0 Å². The number of likely N-dealkylation sites (tertiary alicyclic amines) is 2. The van der Waals surface area contributed by atoms with Gasteiger partial charge in [0.1, 0.15) is 12.1 Å². The lowest BCUT2D eigenvalue weighted by molar-refractivity contribution is -0.126. The molecule has 0 saturated carbocycles. The normalized spacial score (nSPS) is 25.8. The Bertz CT molecular complexity index is 880. The number of rotatable bonds is 8. The number of aliphatic imine (C=N–C) groups is 1. The van der Waals surface area contributed by atoms with Gasteiger partial charge in [-0.25, -0.2) is 4.99 Å². The third kappa shape index (κ3) is 6.99. The number of carbonyl (C=O) groups is 1. The van der Waals surface area contributed by atoms with Crippen LogP contribution in [-0.4, -0.2) is 79.6 Å². The van der Waals surface area contributed by atoms with Gasteiger partial charge in [-0.2, -0.15) is 0 Å². The lowest BCUT2D eigenvalue weighted by Gasteiger charge is -2.37. The van der Waals surface area contributed by atoms with Crippen molar-refractivity contribution in [1.29, 1.82) is 0 Å². The van der Waals surface area contributed by atoms with Crippen LogP contribution in [0.2, 0.25) is 5.02 Å². The number of carbonyl (C=O) groups excluding carboxylic acids is 1. The van der Waals surface area contributed by atoms with E-state index in [0.29, 0.717) is 16.3 Å². The number of halogens is 1. The van der Waals surface area contributed by atoms with Gasteiger partial charge in [0.2, 0.25) is 11.8 Å². The Balaban J connectivity index is 1.16. The summed E-state index contributed by atoms with van der Waals surface area (Å²) in [5, 5.41) is 3.88. The summed E-state index contributed by atoms with van der Waals surface area (Å²) in [6.07, 6.45) is 5.43. The first-order valence-electron chi connectivity index (χ1n) is 13.4. The zero-order valence-corrected chi connectivity index (χ0v) is 22.7. The number of nitrogens with one attached hydrogen (secondary N) is 1. The number of amides is 1. The molecule has 2 saturated heterocycles. The quantitative estimate of drug-likeness (QED) is 0.531. The van der Waals surface area contributed by atoms with E-state index in [1.807, 2.05) is 25.1 Å². The molecule has 4 rings (SSSR count). The Labute approximate surface area is 216 Å². The van der Waals surface area contributed by atoms with E-state index in [-0.39, 0.29) is 24.0 Å². The van der Waals surface area contributed by atoms with Crippen molar-refractivity contribution in [2.75, 3.05) is 45.8 Å². The van der Waals surface area contributed by atoms with E-state index >= 15 is 0 Å². The molecule has 2 atom stereocenters. The van der Waals surface area contributed by atoms with Crippen LogP contribution in [0.1, 0.15) is 64.0 Å². The van der Waals surface area contributed by atoms with Gasteiger partial charge >= 0.3 is 0 Å². The fourth-order valence-electron chi connectivity index (χ4n) is 5.44. The molecule has 1 aromatic carbocycles. The summed E-state index contributed by atoms with van der Waals surface area (Å²) in [6.45, 7) is 15.8. The summed E-state index contributed by atoms with van der Waals surface area (Å²) in [4.78, 5) is 22.6. The van der Waals surface area contributed by atoms with Crippen molar-refractivity contribution < 1.29 is 9.53 Å². The Hall–Kier alpha value is -1.63. The molecule has 0 spiro atoms. The molecule has 194 valence electrons. The molecule has 6 nitrogen and oxygen atoms in total. The largest absolute Gasteiger partial charge is 0.472 e. The Morgan fingerprint density at radius 2 is 1.89 bits per heavy atom. The molecule has 3 aliphatic heterocycles. The van der Waals surface area contributed by atoms with Crippen molar-refractivity contribution in [2.45, 2.75) is 71.9 Å². The van der Waals surface area contributed by atoms with E-state index in [0.717, 1.165) is 63.1 Å². The standard InChI is InChI=1S/C28H43ClN4O2/c1-20-7-5-8-23(29)25(20)27-31-24(21(2)35-27)19-33-15-9-22(10-16-33)26(34)30-13-6-14-32-17-11-28(3,4)12-18-32/h5,7-8,21-22,24H,6,9-19H2,1-4H3,(H,30,34). The van der Waals surface area contributed by atoms with Crippen LogP contribution in [0.3, 0.4) is 0 Å². The highest BCUT2D eigenvalue weighted by Gasteiger charge is 2.33. The van der Waals surface area contributed by atoms with Gasteiger partial charge in [0.15, 0.2) is 0 Å². The van der Waals surface area contributed by atoms with E-state index in [2.05, 4.69) is 35.9 Å². The molecule has 3 aliphatic rings. The molecule has 0 aliphatic carbocycles. The zero-order chi connectivity index (χ0) is 25.0. The maximum atomic E-state index is 12.7. The highest BCUT2D eigenvalue weighted by atomic mass is 35.5. The van der Waals surface area contributed by atoms with Crippen LogP contribution in [0, 0.1) is 18.3 Å². The van der Waals surface area contributed by atoms with Crippen molar-refractivity contribution in [1.82, 2.24) is 15.1 Å². The minimum atomic E-state index is 0.0210. The van der Waals surface area contributed by atoms with Crippen molar-refractivity contribution in [3.8, 4) is 0 Å².